The average molecular weight is 248 g/mol. The molecule has 1 aromatic carbocycles. The first kappa shape index (κ1) is 12.6. The second kappa shape index (κ2) is 4.78. The van der Waals surface area contributed by atoms with Crippen LogP contribution in [0.5, 0.6) is 0 Å². The third-order valence-electron chi connectivity index (χ3n) is 2.86. The maximum atomic E-state index is 11.0. The number of aliphatic hydroxyl groups is 1. The molecule has 2 rings (SSSR count). The first-order valence-corrected chi connectivity index (χ1v) is 5.89. The molecular weight excluding hydrogens is 232 g/mol. The third kappa shape index (κ3) is 2.09. The number of benzene rings is 1. The first-order valence-electron chi connectivity index (χ1n) is 5.89. The Morgan fingerprint density at radius 1 is 1.44 bits per heavy atom. The van der Waals surface area contributed by atoms with Gasteiger partial charge in [0, 0.05) is 12.5 Å². The van der Waals surface area contributed by atoms with Crippen LogP contribution < -0.4 is 0 Å². The van der Waals surface area contributed by atoms with E-state index in [4.69, 9.17) is 10.2 Å². The van der Waals surface area contributed by atoms with Crippen LogP contribution in [0.1, 0.15) is 35.9 Å². The molecular formula is C13H16N2O3. The standard InChI is InChI=1S/C13H16N2O3/c1-8(2)12-14-10-4-3-9(13(17)18)7-11(10)15(12)5-6-16/h3-4,7-8,16H,5-6H2,1-2H3,(H,17,18). The van der Waals surface area contributed by atoms with Gasteiger partial charge in [-0.25, -0.2) is 9.78 Å². The van der Waals surface area contributed by atoms with E-state index < -0.39 is 5.97 Å². The summed E-state index contributed by atoms with van der Waals surface area (Å²) in [6.07, 6.45) is 0. The van der Waals surface area contributed by atoms with E-state index in [-0.39, 0.29) is 18.1 Å². The van der Waals surface area contributed by atoms with Crippen molar-refractivity contribution in [2.45, 2.75) is 26.3 Å². The molecule has 0 fully saturated rings. The first-order chi connectivity index (χ1) is 8.54. The summed E-state index contributed by atoms with van der Waals surface area (Å²) in [5.41, 5.74) is 1.75. The van der Waals surface area contributed by atoms with Crippen molar-refractivity contribution in [3.8, 4) is 0 Å². The molecule has 0 spiro atoms. The predicted molar refractivity (Wildman–Crippen MR) is 67.9 cm³/mol. The predicted octanol–water partition coefficient (Wildman–Crippen LogP) is 1.85. The fourth-order valence-electron chi connectivity index (χ4n) is 2.05. The Morgan fingerprint density at radius 2 is 2.17 bits per heavy atom. The van der Waals surface area contributed by atoms with Crippen LogP contribution in [0.4, 0.5) is 0 Å². The van der Waals surface area contributed by atoms with Crippen molar-refractivity contribution in [1.29, 1.82) is 0 Å². The summed E-state index contributed by atoms with van der Waals surface area (Å²) in [5, 5.41) is 18.1. The van der Waals surface area contributed by atoms with Crippen molar-refractivity contribution in [2.24, 2.45) is 0 Å². The highest BCUT2D eigenvalue weighted by atomic mass is 16.4. The van der Waals surface area contributed by atoms with Crippen LogP contribution >= 0.6 is 0 Å². The van der Waals surface area contributed by atoms with Crippen molar-refractivity contribution in [2.75, 3.05) is 6.61 Å². The fourth-order valence-corrected chi connectivity index (χ4v) is 2.05. The van der Waals surface area contributed by atoms with Gasteiger partial charge in [-0.1, -0.05) is 13.8 Å². The second-order valence-corrected chi connectivity index (χ2v) is 4.51. The fraction of sp³-hybridized carbons (Fsp3) is 0.385. The van der Waals surface area contributed by atoms with Gasteiger partial charge in [-0.3, -0.25) is 0 Å². The minimum absolute atomic E-state index is 0.00246. The van der Waals surface area contributed by atoms with E-state index in [1.54, 1.807) is 18.2 Å². The third-order valence-corrected chi connectivity index (χ3v) is 2.86. The van der Waals surface area contributed by atoms with Crippen LogP contribution in [0, 0.1) is 0 Å². The van der Waals surface area contributed by atoms with E-state index in [1.807, 2.05) is 18.4 Å². The molecule has 96 valence electrons. The SMILES string of the molecule is CC(C)c1nc2ccc(C(=O)O)cc2n1CCO. The zero-order valence-electron chi connectivity index (χ0n) is 10.4. The quantitative estimate of drug-likeness (QED) is 0.865. The molecule has 2 N–H and O–H groups in total. The van der Waals surface area contributed by atoms with Gasteiger partial charge in [-0.05, 0) is 18.2 Å². The van der Waals surface area contributed by atoms with Gasteiger partial charge in [0.1, 0.15) is 5.82 Å². The molecule has 5 nitrogen and oxygen atoms in total. The zero-order chi connectivity index (χ0) is 13.3. The molecule has 0 radical (unpaired) electrons. The maximum Gasteiger partial charge on any atom is 0.335 e. The number of aromatic carboxylic acids is 1. The lowest BCUT2D eigenvalue weighted by atomic mass is 10.2. The molecule has 0 unspecified atom stereocenters. The number of rotatable bonds is 4. The van der Waals surface area contributed by atoms with E-state index >= 15 is 0 Å². The molecule has 0 saturated heterocycles. The van der Waals surface area contributed by atoms with E-state index in [1.165, 1.54) is 0 Å². The van der Waals surface area contributed by atoms with Crippen molar-refractivity contribution < 1.29 is 15.0 Å². The summed E-state index contributed by atoms with van der Waals surface area (Å²) < 4.78 is 1.88. The second-order valence-electron chi connectivity index (χ2n) is 4.51. The molecule has 0 bridgehead atoms. The number of carbonyl (C=O) groups is 1. The van der Waals surface area contributed by atoms with Crippen LogP contribution in [0.2, 0.25) is 0 Å². The van der Waals surface area contributed by atoms with Gasteiger partial charge < -0.3 is 14.8 Å². The van der Waals surface area contributed by atoms with E-state index in [0.29, 0.717) is 6.54 Å². The van der Waals surface area contributed by atoms with Crippen molar-refractivity contribution in [1.82, 2.24) is 9.55 Å². The number of nitrogens with zero attached hydrogens (tertiary/aromatic N) is 2. The summed E-state index contributed by atoms with van der Waals surface area (Å²) in [4.78, 5) is 15.5. The molecule has 5 heteroatoms. The number of hydrogen-bond donors (Lipinski definition) is 2. The molecule has 0 aliphatic heterocycles. The van der Waals surface area contributed by atoms with Gasteiger partial charge in [-0.15, -0.1) is 0 Å². The highest BCUT2D eigenvalue weighted by Crippen LogP contribution is 2.22. The Balaban J connectivity index is 2.67. The molecule has 1 aromatic heterocycles. The van der Waals surface area contributed by atoms with Crippen molar-refractivity contribution in [3.05, 3.63) is 29.6 Å². The Bertz CT molecular complexity index is 587. The highest BCUT2D eigenvalue weighted by Gasteiger charge is 2.14. The van der Waals surface area contributed by atoms with E-state index in [0.717, 1.165) is 16.9 Å². The maximum absolute atomic E-state index is 11.0. The molecule has 0 atom stereocenters. The molecule has 0 amide bonds. The number of carboxylic acids is 1. The van der Waals surface area contributed by atoms with Gasteiger partial charge in [0.25, 0.3) is 0 Å². The lowest BCUT2D eigenvalue weighted by molar-refractivity contribution is 0.0697. The molecule has 0 aliphatic carbocycles. The number of imidazole rings is 1. The van der Waals surface area contributed by atoms with Gasteiger partial charge in [0.2, 0.25) is 0 Å². The Labute approximate surface area is 105 Å². The number of hydrogen-bond acceptors (Lipinski definition) is 3. The Morgan fingerprint density at radius 3 is 2.72 bits per heavy atom. The van der Waals surface area contributed by atoms with Gasteiger partial charge in [-0.2, -0.15) is 0 Å². The van der Waals surface area contributed by atoms with Crippen molar-refractivity contribution in [3.63, 3.8) is 0 Å². The Hall–Kier alpha value is -1.88. The number of aromatic nitrogens is 2. The zero-order valence-corrected chi connectivity index (χ0v) is 10.4. The molecule has 18 heavy (non-hydrogen) atoms. The minimum atomic E-state index is -0.959. The van der Waals surface area contributed by atoms with Gasteiger partial charge >= 0.3 is 5.97 Å². The normalized spacial score (nSPS) is 11.3. The van der Waals surface area contributed by atoms with E-state index in [9.17, 15) is 4.79 Å². The Kier molecular flexibility index (Phi) is 3.34. The van der Waals surface area contributed by atoms with Crippen LogP contribution in [0.3, 0.4) is 0 Å². The van der Waals surface area contributed by atoms with Gasteiger partial charge in [0.15, 0.2) is 0 Å². The molecule has 1 heterocycles. The van der Waals surface area contributed by atoms with Crippen LogP contribution in [0.15, 0.2) is 18.2 Å². The largest absolute Gasteiger partial charge is 0.478 e. The summed E-state index contributed by atoms with van der Waals surface area (Å²) in [5.74, 6) is 0.124. The lowest BCUT2D eigenvalue weighted by Crippen LogP contribution is -2.08. The summed E-state index contributed by atoms with van der Waals surface area (Å²) in [7, 11) is 0. The highest BCUT2D eigenvalue weighted by molar-refractivity contribution is 5.92. The van der Waals surface area contributed by atoms with E-state index in [2.05, 4.69) is 4.98 Å². The monoisotopic (exact) mass is 248 g/mol. The smallest absolute Gasteiger partial charge is 0.335 e. The lowest BCUT2D eigenvalue weighted by Gasteiger charge is -2.09. The summed E-state index contributed by atoms with van der Waals surface area (Å²) in [6, 6.07) is 4.86. The van der Waals surface area contributed by atoms with Crippen LogP contribution in [0.25, 0.3) is 11.0 Å². The molecule has 0 aliphatic rings. The minimum Gasteiger partial charge on any atom is -0.478 e. The van der Waals surface area contributed by atoms with Crippen LogP contribution in [-0.4, -0.2) is 32.3 Å². The summed E-state index contributed by atoms with van der Waals surface area (Å²) >= 11 is 0. The summed E-state index contributed by atoms with van der Waals surface area (Å²) in [6.45, 7) is 4.47. The number of carboxylic acid groups (broad SMARTS) is 1. The molecule has 2 aromatic rings. The van der Waals surface area contributed by atoms with Crippen molar-refractivity contribution >= 4 is 17.0 Å². The number of fused-ring (bicyclic) bond motifs is 1. The van der Waals surface area contributed by atoms with Gasteiger partial charge in [0.05, 0.1) is 23.2 Å². The average Bonchev–Trinajstić information content (AvgIpc) is 2.68. The number of aliphatic hydroxyl groups excluding tert-OH is 1. The topological polar surface area (TPSA) is 75.3 Å². The van der Waals surface area contributed by atoms with Crippen LogP contribution in [-0.2, 0) is 6.54 Å². The molecule has 0 saturated carbocycles.